The van der Waals surface area contributed by atoms with E-state index in [1.807, 2.05) is 40.7 Å². The van der Waals surface area contributed by atoms with Gasteiger partial charge < -0.3 is 5.11 Å². The molecule has 0 unspecified atom stereocenters. The number of allylic oxidation sites excluding steroid dienone is 1. The van der Waals surface area contributed by atoms with Crippen molar-refractivity contribution in [2.45, 2.75) is 34.6 Å². The molecule has 16 heavy (non-hydrogen) atoms. The van der Waals surface area contributed by atoms with Crippen LogP contribution in [-0.4, -0.2) is 11.1 Å². The first kappa shape index (κ1) is 14.2. The highest BCUT2D eigenvalue weighted by Crippen LogP contribution is 2.76. The first-order chi connectivity index (χ1) is 6.99. The summed E-state index contributed by atoms with van der Waals surface area (Å²) >= 11 is 6.64. The van der Waals surface area contributed by atoms with Crippen molar-refractivity contribution in [3.8, 4) is 0 Å². The molecule has 1 fully saturated rings. The van der Waals surface area contributed by atoms with E-state index in [9.17, 15) is 9.90 Å². The van der Waals surface area contributed by atoms with Crippen molar-refractivity contribution in [3.05, 3.63) is 9.47 Å². The molecule has 2 atom stereocenters. The molecule has 0 bridgehead atoms. The molecule has 92 valence electrons. The van der Waals surface area contributed by atoms with Crippen molar-refractivity contribution in [2.24, 2.45) is 22.2 Å². The van der Waals surface area contributed by atoms with Crippen LogP contribution in [0.25, 0.3) is 0 Å². The molecule has 1 aliphatic carbocycles. The summed E-state index contributed by atoms with van der Waals surface area (Å²) in [6.45, 7) is 10.0. The van der Waals surface area contributed by atoms with Gasteiger partial charge in [-0.05, 0) is 42.7 Å². The molecule has 0 aromatic heterocycles. The molecule has 1 N–H and O–H groups in total. The summed E-state index contributed by atoms with van der Waals surface area (Å²) in [7, 11) is 0. The molecule has 0 spiro atoms. The SMILES string of the molecule is CC(C)(C)[C@]1(C(=O)O)[C@@H](C=C(Br)Br)C1(C)C. The van der Waals surface area contributed by atoms with Crippen LogP contribution >= 0.6 is 31.9 Å². The minimum Gasteiger partial charge on any atom is -0.481 e. The second-order valence-corrected chi connectivity index (χ2v) is 8.79. The van der Waals surface area contributed by atoms with E-state index < -0.39 is 11.4 Å². The molecule has 0 aliphatic heterocycles. The van der Waals surface area contributed by atoms with E-state index in [4.69, 9.17) is 0 Å². The first-order valence-corrected chi connectivity index (χ1v) is 6.84. The Labute approximate surface area is 114 Å². The van der Waals surface area contributed by atoms with Crippen LogP contribution in [0.1, 0.15) is 34.6 Å². The molecule has 4 heteroatoms. The molecule has 1 rings (SSSR count). The Kier molecular flexibility index (Phi) is 3.41. The van der Waals surface area contributed by atoms with Gasteiger partial charge in [-0.2, -0.15) is 0 Å². The lowest BCUT2D eigenvalue weighted by Gasteiger charge is -2.30. The van der Waals surface area contributed by atoms with E-state index in [0.29, 0.717) is 0 Å². The highest BCUT2D eigenvalue weighted by Gasteiger charge is 2.79. The predicted octanol–water partition coefficient (Wildman–Crippen LogP) is 4.39. The van der Waals surface area contributed by atoms with E-state index in [-0.39, 0.29) is 16.7 Å². The highest BCUT2D eigenvalue weighted by molar-refractivity contribution is 9.28. The van der Waals surface area contributed by atoms with Gasteiger partial charge in [0.15, 0.2) is 0 Å². The lowest BCUT2D eigenvalue weighted by Crippen LogP contribution is -2.35. The summed E-state index contributed by atoms with van der Waals surface area (Å²) in [5.41, 5.74) is -1.17. The fraction of sp³-hybridized carbons (Fsp3) is 0.750. The molecule has 2 nitrogen and oxygen atoms in total. The van der Waals surface area contributed by atoms with E-state index in [1.165, 1.54) is 0 Å². The molecular formula is C12H18Br2O2. The smallest absolute Gasteiger partial charge is 0.311 e. The van der Waals surface area contributed by atoms with Crippen LogP contribution in [0, 0.1) is 22.2 Å². The maximum Gasteiger partial charge on any atom is 0.311 e. The summed E-state index contributed by atoms with van der Waals surface area (Å²) in [5.74, 6) is -0.654. The molecule has 0 saturated heterocycles. The fourth-order valence-electron chi connectivity index (χ4n) is 3.43. The third-order valence-corrected chi connectivity index (χ3v) is 4.52. The molecule has 0 aromatic rings. The van der Waals surface area contributed by atoms with Crippen molar-refractivity contribution in [2.75, 3.05) is 0 Å². The summed E-state index contributed by atoms with van der Waals surface area (Å²) in [5, 5.41) is 9.60. The van der Waals surface area contributed by atoms with Crippen LogP contribution in [0.2, 0.25) is 0 Å². The minimum absolute atomic E-state index is 0.0475. The van der Waals surface area contributed by atoms with Gasteiger partial charge in [-0.3, -0.25) is 4.79 Å². The molecule has 0 aromatic carbocycles. The molecule has 0 radical (unpaired) electrons. The third-order valence-electron chi connectivity index (χ3n) is 3.99. The number of hydrogen-bond donors (Lipinski definition) is 1. The highest BCUT2D eigenvalue weighted by atomic mass is 79.9. The van der Waals surface area contributed by atoms with Crippen LogP contribution in [0.3, 0.4) is 0 Å². The molecule has 0 amide bonds. The first-order valence-electron chi connectivity index (χ1n) is 5.26. The van der Waals surface area contributed by atoms with Crippen molar-refractivity contribution in [3.63, 3.8) is 0 Å². The van der Waals surface area contributed by atoms with Crippen molar-refractivity contribution >= 4 is 37.8 Å². The Morgan fingerprint density at radius 3 is 1.94 bits per heavy atom. The maximum absolute atomic E-state index is 11.7. The molecular weight excluding hydrogens is 336 g/mol. The van der Waals surface area contributed by atoms with Gasteiger partial charge in [0.2, 0.25) is 0 Å². The van der Waals surface area contributed by atoms with Gasteiger partial charge in [-0.25, -0.2) is 0 Å². The number of hydrogen-bond acceptors (Lipinski definition) is 1. The zero-order chi connectivity index (χ0) is 12.9. The van der Waals surface area contributed by atoms with Gasteiger partial charge in [-0.1, -0.05) is 40.7 Å². The molecule has 1 aliphatic rings. The number of carboxylic acid groups (broad SMARTS) is 1. The van der Waals surface area contributed by atoms with E-state index in [1.54, 1.807) is 0 Å². The van der Waals surface area contributed by atoms with Crippen LogP contribution in [-0.2, 0) is 4.79 Å². The monoisotopic (exact) mass is 352 g/mol. The van der Waals surface area contributed by atoms with Crippen molar-refractivity contribution in [1.29, 1.82) is 0 Å². The van der Waals surface area contributed by atoms with Crippen molar-refractivity contribution < 1.29 is 9.90 Å². The van der Waals surface area contributed by atoms with Gasteiger partial charge in [0.25, 0.3) is 0 Å². The normalized spacial score (nSPS) is 32.1. The summed E-state index contributed by atoms with van der Waals surface area (Å²) in [4.78, 5) is 11.7. The van der Waals surface area contributed by atoms with Crippen LogP contribution < -0.4 is 0 Å². The Morgan fingerprint density at radius 2 is 1.75 bits per heavy atom. The Hall–Kier alpha value is 0.170. The zero-order valence-electron chi connectivity index (χ0n) is 10.3. The van der Waals surface area contributed by atoms with Gasteiger partial charge in [0.1, 0.15) is 0 Å². The average Bonchev–Trinajstić information content (AvgIpc) is 2.45. The average molecular weight is 354 g/mol. The topological polar surface area (TPSA) is 37.3 Å². The number of aliphatic carboxylic acids is 1. The largest absolute Gasteiger partial charge is 0.481 e. The third kappa shape index (κ3) is 1.69. The van der Waals surface area contributed by atoms with E-state index in [2.05, 4.69) is 31.9 Å². The summed E-state index contributed by atoms with van der Waals surface area (Å²) < 4.78 is 0.824. The second kappa shape index (κ2) is 3.84. The predicted molar refractivity (Wildman–Crippen MR) is 72.7 cm³/mol. The number of carboxylic acids is 1. The second-order valence-electron chi connectivity index (χ2n) is 6.02. The quantitative estimate of drug-likeness (QED) is 0.799. The zero-order valence-corrected chi connectivity index (χ0v) is 13.4. The maximum atomic E-state index is 11.7. The molecule has 0 heterocycles. The number of halogens is 2. The summed E-state index contributed by atoms with van der Waals surface area (Å²) in [6.07, 6.45) is 1.96. The fourth-order valence-corrected chi connectivity index (χ4v) is 3.95. The van der Waals surface area contributed by atoms with Crippen LogP contribution in [0.4, 0.5) is 0 Å². The Morgan fingerprint density at radius 1 is 1.31 bits per heavy atom. The van der Waals surface area contributed by atoms with Gasteiger partial charge >= 0.3 is 5.97 Å². The standard InChI is InChI=1S/C12H18Br2O2/c1-10(2,3)12(9(15)16)7(6-8(13)14)11(12,4)5/h6-7H,1-5H3,(H,15,16)/t7-,12+/m0/s1. The number of rotatable bonds is 2. The minimum atomic E-state index is -0.701. The van der Waals surface area contributed by atoms with E-state index in [0.717, 1.165) is 3.39 Å². The lowest BCUT2D eigenvalue weighted by atomic mass is 9.72. The van der Waals surface area contributed by atoms with E-state index >= 15 is 0 Å². The Balaban J connectivity index is 3.28. The van der Waals surface area contributed by atoms with Gasteiger partial charge in [0.05, 0.1) is 8.81 Å². The Bertz CT molecular complexity index is 349. The summed E-state index contributed by atoms with van der Waals surface area (Å²) in [6, 6.07) is 0. The lowest BCUT2D eigenvalue weighted by molar-refractivity contribution is -0.150. The van der Waals surface area contributed by atoms with Crippen LogP contribution in [0.15, 0.2) is 9.47 Å². The van der Waals surface area contributed by atoms with Gasteiger partial charge in [0, 0.05) is 5.92 Å². The molecule has 1 saturated carbocycles. The number of carbonyl (C=O) groups is 1. The van der Waals surface area contributed by atoms with Gasteiger partial charge in [-0.15, -0.1) is 0 Å². The van der Waals surface area contributed by atoms with Crippen molar-refractivity contribution in [1.82, 2.24) is 0 Å². The van der Waals surface area contributed by atoms with Crippen LogP contribution in [0.5, 0.6) is 0 Å².